The largest absolute Gasteiger partial charge is 0.483 e. The van der Waals surface area contributed by atoms with Crippen molar-refractivity contribution in [2.24, 2.45) is 10.7 Å². The summed E-state index contributed by atoms with van der Waals surface area (Å²) in [7, 11) is 0. The first-order chi connectivity index (χ1) is 15.0. The third kappa shape index (κ3) is 7.96. The van der Waals surface area contributed by atoms with Crippen molar-refractivity contribution in [1.29, 1.82) is 0 Å². The molecule has 0 aromatic heterocycles. The molecule has 0 heterocycles. The predicted octanol–water partition coefficient (Wildman–Crippen LogP) is 5.45. The SMILES string of the molecule is C=C/C=C\C(=C)OC(C)(/C=C\C=C)CNC(N=C(N)c1ccccc1)c1ccccc1. The molecule has 2 aromatic rings. The molecule has 2 unspecified atom stereocenters. The van der Waals surface area contributed by atoms with E-state index in [0.717, 1.165) is 11.1 Å². The summed E-state index contributed by atoms with van der Waals surface area (Å²) in [6.45, 7) is 13.8. The molecule has 0 fully saturated rings. The Morgan fingerprint density at radius 3 is 2.29 bits per heavy atom. The highest BCUT2D eigenvalue weighted by atomic mass is 16.5. The summed E-state index contributed by atoms with van der Waals surface area (Å²) in [5, 5.41) is 3.48. The minimum absolute atomic E-state index is 0.349. The number of nitrogens with two attached hydrogens (primary N) is 1. The summed E-state index contributed by atoms with van der Waals surface area (Å²) in [6, 6.07) is 19.7. The van der Waals surface area contributed by atoms with Gasteiger partial charge in [-0.15, -0.1) is 0 Å². The smallest absolute Gasteiger partial charge is 0.137 e. The van der Waals surface area contributed by atoms with Gasteiger partial charge < -0.3 is 10.5 Å². The molecular formula is C27H31N3O. The Bertz CT molecular complexity index is 945. The van der Waals surface area contributed by atoms with Crippen molar-refractivity contribution in [3.8, 4) is 0 Å². The minimum Gasteiger partial charge on any atom is -0.483 e. The number of rotatable bonds is 12. The van der Waals surface area contributed by atoms with Gasteiger partial charge in [0, 0.05) is 12.1 Å². The maximum absolute atomic E-state index is 6.31. The Morgan fingerprint density at radius 1 is 1.06 bits per heavy atom. The monoisotopic (exact) mass is 413 g/mol. The average molecular weight is 414 g/mol. The van der Waals surface area contributed by atoms with Crippen molar-refractivity contribution in [1.82, 2.24) is 5.32 Å². The molecule has 0 radical (unpaired) electrons. The van der Waals surface area contributed by atoms with E-state index in [1.807, 2.05) is 79.7 Å². The summed E-state index contributed by atoms with van der Waals surface area (Å²) < 4.78 is 6.11. The second kappa shape index (κ2) is 12.2. The van der Waals surface area contributed by atoms with Crippen LogP contribution in [0.25, 0.3) is 0 Å². The van der Waals surface area contributed by atoms with Crippen molar-refractivity contribution in [2.45, 2.75) is 18.7 Å². The van der Waals surface area contributed by atoms with Crippen molar-refractivity contribution >= 4 is 5.84 Å². The Labute approximate surface area is 185 Å². The highest BCUT2D eigenvalue weighted by Gasteiger charge is 2.25. The Hall–Kier alpha value is -3.63. The first kappa shape index (κ1) is 23.6. The van der Waals surface area contributed by atoms with E-state index >= 15 is 0 Å². The summed E-state index contributed by atoms with van der Waals surface area (Å²) in [5.74, 6) is 0.992. The molecule has 0 amide bonds. The molecule has 0 aliphatic carbocycles. The molecule has 0 spiro atoms. The van der Waals surface area contributed by atoms with Gasteiger partial charge in [-0.2, -0.15) is 0 Å². The molecule has 0 aliphatic heterocycles. The molecule has 31 heavy (non-hydrogen) atoms. The van der Waals surface area contributed by atoms with Crippen LogP contribution in [0.2, 0.25) is 0 Å². The van der Waals surface area contributed by atoms with Crippen LogP contribution in [0.1, 0.15) is 24.2 Å². The van der Waals surface area contributed by atoms with Crippen molar-refractivity contribution < 1.29 is 4.74 Å². The lowest BCUT2D eigenvalue weighted by atomic mass is 10.0. The third-order valence-corrected chi connectivity index (χ3v) is 4.47. The number of aliphatic imine (C=N–C) groups is 1. The molecule has 160 valence electrons. The second-order valence-corrected chi connectivity index (χ2v) is 7.15. The van der Waals surface area contributed by atoms with Gasteiger partial charge in [0.1, 0.15) is 23.4 Å². The highest BCUT2D eigenvalue weighted by Crippen LogP contribution is 2.21. The van der Waals surface area contributed by atoms with Crippen LogP contribution in [0.4, 0.5) is 0 Å². The fourth-order valence-corrected chi connectivity index (χ4v) is 2.90. The lowest BCUT2D eigenvalue weighted by Crippen LogP contribution is -2.40. The van der Waals surface area contributed by atoms with E-state index in [1.165, 1.54) is 0 Å². The van der Waals surface area contributed by atoms with Crippen LogP contribution in [0, 0.1) is 0 Å². The van der Waals surface area contributed by atoms with E-state index in [9.17, 15) is 0 Å². The van der Waals surface area contributed by atoms with Gasteiger partial charge in [0.15, 0.2) is 0 Å². The van der Waals surface area contributed by atoms with Gasteiger partial charge in [0.2, 0.25) is 0 Å². The highest BCUT2D eigenvalue weighted by molar-refractivity contribution is 5.97. The molecule has 0 aliphatic rings. The third-order valence-electron chi connectivity index (χ3n) is 4.47. The van der Waals surface area contributed by atoms with E-state index in [1.54, 1.807) is 24.3 Å². The zero-order valence-corrected chi connectivity index (χ0v) is 18.1. The lowest BCUT2D eigenvalue weighted by molar-refractivity contribution is 0.0671. The van der Waals surface area contributed by atoms with Crippen LogP contribution in [-0.4, -0.2) is 18.0 Å². The zero-order valence-electron chi connectivity index (χ0n) is 18.1. The number of nitrogens with zero attached hydrogens (tertiary/aromatic N) is 1. The van der Waals surface area contributed by atoms with Crippen LogP contribution >= 0.6 is 0 Å². The standard InChI is InChI=1S/C27H31N3O/c1-5-7-15-22(3)31-27(4,20-8-6-2)21-29-26(24-18-13-10-14-19-24)30-25(28)23-16-11-9-12-17-23/h5-20,26,29H,1-3,21H2,4H3,(H2,28,30)/b15-7-,20-8-. The van der Waals surface area contributed by atoms with Crippen LogP contribution < -0.4 is 11.1 Å². The van der Waals surface area contributed by atoms with E-state index in [4.69, 9.17) is 15.5 Å². The minimum atomic E-state index is -0.680. The Morgan fingerprint density at radius 2 is 1.68 bits per heavy atom. The number of allylic oxidation sites excluding steroid dienone is 5. The number of benzene rings is 2. The quantitative estimate of drug-likeness (QED) is 0.210. The van der Waals surface area contributed by atoms with Crippen molar-refractivity contribution in [3.63, 3.8) is 0 Å². The number of nitrogens with one attached hydrogen (secondary N) is 1. The van der Waals surface area contributed by atoms with E-state index < -0.39 is 5.60 Å². The van der Waals surface area contributed by atoms with Crippen LogP contribution in [0.3, 0.4) is 0 Å². The molecule has 2 rings (SSSR count). The Balaban J connectivity index is 2.28. The van der Waals surface area contributed by atoms with E-state index in [0.29, 0.717) is 18.1 Å². The van der Waals surface area contributed by atoms with Gasteiger partial charge in [-0.1, -0.05) is 105 Å². The van der Waals surface area contributed by atoms with Gasteiger partial charge >= 0.3 is 0 Å². The zero-order chi connectivity index (χ0) is 22.5. The first-order valence-corrected chi connectivity index (χ1v) is 10.1. The lowest BCUT2D eigenvalue weighted by Gasteiger charge is -2.30. The molecule has 4 nitrogen and oxygen atoms in total. The Kier molecular flexibility index (Phi) is 9.27. The van der Waals surface area contributed by atoms with Crippen LogP contribution in [0.15, 0.2) is 128 Å². The number of hydrogen-bond donors (Lipinski definition) is 2. The maximum Gasteiger partial charge on any atom is 0.137 e. The van der Waals surface area contributed by atoms with Gasteiger partial charge in [-0.05, 0) is 24.6 Å². The summed E-state index contributed by atoms with van der Waals surface area (Å²) in [5.41, 5.74) is 7.50. The number of amidine groups is 1. The summed E-state index contributed by atoms with van der Waals surface area (Å²) in [4.78, 5) is 4.76. The normalized spacial score (nSPS) is 14.8. The molecular weight excluding hydrogens is 382 g/mol. The molecule has 0 bridgehead atoms. The molecule has 0 saturated carbocycles. The van der Waals surface area contributed by atoms with E-state index in [-0.39, 0.29) is 6.17 Å². The molecule has 2 atom stereocenters. The number of ether oxygens (including phenoxy) is 1. The van der Waals surface area contributed by atoms with Crippen molar-refractivity contribution in [3.05, 3.63) is 134 Å². The number of hydrogen-bond acceptors (Lipinski definition) is 3. The summed E-state index contributed by atoms with van der Waals surface area (Å²) in [6.07, 6.45) is 10.4. The fourth-order valence-electron chi connectivity index (χ4n) is 2.90. The maximum atomic E-state index is 6.31. The molecule has 3 N–H and O–H groups in total. The van der Waals surface area contributed by atoms with Crippen LogP contribution in [-0.2, 0) is 4.74 Å². The summed E-state index contributed by atoms with van der Waals surface area (Å²) >= 11 is 0. The first-order valence-electron chi connectivity index (χ1n) is 10.1. The molecule has 2 aromatic carbocycles. The van der Waals surface area contributed by atoms with Gasteiger partial charge in [0.05, 0.1) is 0 Å². The average Bonchev–Trinajstić information content (AvgIpc) is 2.80. The topological polar surface area (TPSA) is 59.6 Å². The molecule has 0 saturated heterocycles. The van der Waals surface area contributed by atoms with Crippen molar-refractivity contribution in [2.75, 3.05) is 6.54 Å². The van der Waals surface area contributed by atoms with Gasteiger partial charge in [0.25, 0.3) is 0 Å². The molecule has 4 heteroatoms. The fraction of sp³-hybridized carbons (Fsp3) is 0.148. The van der Waals surface area contributed by atoms with Gasteiger partial charge in [-0.3, -0.25) is 5.32 Å². The predicted molar refractivity (Wildman–Crippen MR) is 132 cm³/mol. The van der Waals surface area contributed by atoms with Gasteiger partial charge in [-0.25, -0.2) is 4.99 Å². The van der Waals surface area contributed by atoms with E-state index in [2.05, 4.69) is 25.1 Å². The second-order valence-electron chi connectivity index (χ2n) is 7.15. The van der Waals surface area contributed by atoms with Crippen LogP contribution in [0.5, 0.6) is 0 Å².